The second-order valence-corrected chi connectivity index (χ2v) is 6.50. The molecular formula is C12H19N3O2S. The Balaban J connectivity index is 2.10. The molecule has 0 fully saturated rings. The minimum Gasteiger partial charge on any atom is -0.309 e. The van der Waals surface area contributed by atoms with Crippen molar-refractivity contribution in [3.05, 3.63) is 29.3 Å². The molecule has 5 nitrogen and oxygen atoms in total. The molecule has 1 heterocycles. The average Bonchev–Trinajstić information content (AvgIpc) is 2.74. The molecule has 18 heavy (non-hydrogen) atoms. The number of sulfonamides is 1. The second-order valence-electron chi connectivity index (χ2n) is 4.74. The molecule has 0 radical (unpaired) electrons. The number of nitrogens with zero attached hydrogens (tertiary/aromatic N) is 1. The Labute approximate surface area is 108 Å². The lowest BCUT2D eigenvalue weighted by molar-refractivity contribution is 0.412. The zero-order valence-electron chi connectivity index (χ0n) is 10.7. The van der Waals surface area contributed by atoms with E-state index >= 15 is 0 Å². The van der Waals surface area contributed by atoms with E-state index in [4.69, 9.17) is 0 Å². The molecule has 0 atom stereocenters. The van der Waals surface area contributed by atoms with Crippen molar-refractivity contribution in [3.8, 4) is 0 Å². The molecule has 1 aliphatic heterocycles. The van der Waals surface area contributed by atoms with Crippen LogP contribution in [-0.4, -0.2) is 40.5 Å². The lowest BCUT2D eigenvalue weighted by Crippen LogP contribution is -2.31. The van der Waals surface area contributed by atoms with Crippen LogP contribution in [0.4, 0.5) is 0 Å². The SMILES string of the molecule is CN(C)CCNS(=O)(=O)c1ccc2c(c1)CNC2. The summed E-state index contributed by atoms with van der Waals surface area (Å²) in [5, 5.41) is 3.20. The van der Waals surface area contributed by atoms with E-state index in [1.807, 2.05) is 25.1 Å². The fraction of sp³-hybridized carbons (Fsp3) is 0.500. The van der Waals surface area contributed by atoms with Crippen LogP contribution >= 0.6 is 0 Å². The molecule has 0 amide bonds. The Hall–Kier alpha value is -0.950. The van der Waals surface area contributed by atoms with Crippen LogP contribution in [0.3, 0.4) is 0 Å². The molecule has 1 aliphatic rings. The van der Waals surface area contributed by atoms with Crippen LogP contribution in [-0.2, 0) is 23.1 Å². The summed E-state index contributed by atoms with van der Waals surface area (Å²) < 4.78 is 26.7. The van der Waals surface area contributed by atoms with E-state index in [-0.39, 0.29) is 0 Å². The van der Waals surface area contributed by atoms with E-state index in [0.29, 0.717) is 18.0 Å². The van der Waals surface area contributed by atoms with Gasteiger partial charge in [0.15, 0.2) is 0 Å². The van der Waals surface area contributed by atoms with Gasteiger partial charge in [0.25, 0.3) is 0 Å². The van der Waals surface area contributed by atoms with Crippen molar-refractivity contribution in [2.75, 3.05) is 27.2 Å². The Kier molecular flexibility index (Phi) is 4.01. The molecule has 2 rings (SSSR count). The second kappa shape index (κ2) is 5.36. The largest absolute Gasteiger partial charge is 0.309 e. The van der Waals surface area contributed by atoms with Crippen molar-refractivity contribution < 1.29 is 8.42 Å². The van der Waals surface area contributed by atoms with Gasteiger partial charge >= 0.3 is 0 Å². The first-order valence-corrected chi connectivity index (χ1v) is 7.44. The Morgan fingerprint density at radius 2 is 2.00 bits per heavy atom. The first-order valence-electron chi connectivity index (χ1n) is 5.96. The predicted octanol–water partition coefficient (Wildman–Crippen LogP) is 0.130. The Morgan fingerprint density at radius 3 is 2.72 bits per heavy atom. The van der Waals surface area contributed by atoms with Gasteiger partial charge in [-0.3, -0.25) is 0 Å². The Morgan fingerprint density at radius 1 is 1.28 bits per heavy atom. The molecule has 2 N–H and O–H groups in total. The highest BCUT2D eigenvalue weighted by molar-refractivity contribution is 7.89. The fourth-order valence-electron chi connectivity index (χ4n) is 1.93. The normalized spacial score (nSPS) is 15.1. The van der Waals surface area contributed by atoms with Gasteiger partial charge in [-0.1, -0.05) is 6.07 Å². The highest BCUT2D eigenvalue weighted by atomic mass is 32.2. The van der Waals surface area contributed by atoms with Crippen molar-refractivity contribution in [2.24, 2.45) is 0 Å². The zero-order valence-corrected chi connectivity index (χ0v) is 11.5. The summed E-state index contributed by atoms with van der Waals surface area (Å²) in [6, 6.07) is 5.31. The summed E-state index contributed by atoms with van der Waals surface area (Å²) >= 11 is 0. The van der Waals surface area contributed by atoms with Gasteiger partial charge in [-0.05, 0) is 37.4 Å². The van der Waals surface area contributed by atoms with Crippen LogP contribution in [0.2, 0.25) is 0 Å². The minimum absolute atomic E-state index is 0.351. The summed E-state index contributed by atoms with van der Waals surface area (Å²) in [6.07, 6.45) is 0. The number of hydrogen-bond donors (Lipinski definition) is 2. The standard InChI is InChI=1S/C12H19N3O2S/c1-15(2)6-5-14-18(16,17)12-4-3-10-8-13-9-11(10)7-12/h3-4,7,13-14H,5-6,8-9H2,1-2H3. The molecule has 0 spiro atoms. The van der Waals surface area contributed by atoms with Gasteiger partial charge in [0.1, 0.15) is 0 Å². The fourth-order valence-corrected chi connectivity index (χ4v) is 3.00. The van der Waals surface area contributed by atoms with Gasteiger partial charge in [-0.25, -0.2) is 13.1 Å². The lowest BCUT2D eigenvalue weighted by atomic mass is 10.1. The third-order valence-corrected chi connectivity index (χ3v) is 4.43. The minimum atomic E-state index is -3.38. The molecule has 100 valence electrons. The molecule has 0 saturated carbocycles. The van der Waals surface area contributed by atoms with Crippen LogP contribution < -0.4 is 10.0 Å². The first kappa shape index (κ1) is 13.5. The maximum atomic E-state index is 12.1. The number of rotatable bonds is 5. The highest BCUT2D eigenvalue weighted by Gasteiger charge is 2.17. The highest BCUT2D eigenvalue weighted by Crippen LogP contribution is 2.19. The molecule has 0 saturated heterocycles. The van der Waals surface area contributed by atoms with Crippen molar-refractivity contribution >= 4 is 10.0 Å². The maximum absolute atomic E-state index is 12.1. The smallest absolute Gasteiger partial charge is 0.240 e. The molecule has 1 aromatic carbocycles. The van der Waals surface area contributed by atoms with Gasteiger partial charge < -0.3 is 10.2 Å². The number of nitrogens with one attached hydrogen (secondary N) is 2. The molecule has 0 aliphatic carbocycles. The molecule has 0 unspecified atom stereocenters. The zero-order chi connectivity index (χ0) is 13.2. The third-order valence-electron chi connectivity index (χ3n) is 2.97. The number of benzene rings is 1. The van der Waals surface area contributed by atoms with Crippen molar-refractivity contribution in [3.63, 3.8) is 0 Å². The van der Waals surface area contributed by atoms with Crippen LogP contribution in [0.25, 0.3) is 0 Å². The van der Waals surface area contributed by atoms with Gasteiger partial charge in [-0.15, -0.1) is 0 Å². The number of fused-ring (bicyclic) bond motifs is 1. The molecule has 1 aromatic rings. The number of hydrogen-bond acceptors (Lipinski definition) is 4. The van der Waals surface area contributed by atoms with E-state index < -0.39 is 10.0 Å². The van der Waals surface area contributed by atoms with Crippen LogP contribution in [0.1, 0.15) is 11.1 Å². The van der Waals surface area contributed by atoms with Crippen LogP contribution in [0.5, 0.6) is 0 Å². The van der Waals surface area contributed by atoms with Crippen molar-refractivity contribution in [1.82, 2.24) is 14.9 Å². The molecule has 0 bridgehead atoms. The lowest BCUT2D eigenvalue weighted by Gasteiger charge is -2.11. The van der Waals surface area contributed by atoms with E-state index in [0.717, 1.165) is 18.7 Å². The van der Waals surface area contributed by atoms with E-state index in [1.54, 1.807) is 12.1 Å². The summed E-state index contributed by atoms with van der Waals surface area (Å²) in [5.41, 5.74) is 2.26. The van der Waals surface area contributed by atoms with Gasteiger partial charge in [-0.2, -0.15) is 0 Å². The molecular weight excluding hydrogens is 250 g/mol. The summed E-state index contributed by atoms with van der Waals surface area (Å²) in [5.74, 6) is 0. The Bertz CT molecular complexity index is 526. The monoisotopic (exact) mass is 269 g/mol. The molecule has 6 heteroatoms. The van der Waals surface area contributed by atoms with Gasteiger partial charge in [0.05, 0.1) is 4.90 Å². The quantitative estimate of drug-likeness (QED) is 0.797. The van der Waals surface area contributed by atoms with Crippen molar-refractivity contribution in [2.45, 2.75) is 18.0 Å². The first-order chi connectivity index (χ1) is 8.49. The van der Waals surface area contributed by atoms with Gasteiger partial charge in [0, 0.05) is 26.2 Å². The topological polar surface area (TPSA) is 61.4 Å². The van der Waals surface area contributed by atoms with E-state index in [2.05, 4.69) is 10.0 Å². The average molecular weight is 269 g/mol. The molecule has 0 aromatic heterocycles. The summed E-state index contributed by atoms with van der Waals surface area (Å²) in [7, 11) is 0.442. The number of likely N-dealkylation sites (N-methyl/N-ethyl adjacent to an activating group) is 1. The van der Waals surface area contributed by atoms with Crippen LogP contribution in [0, 0.1) is 0 Å². The van der Waals surface area contributed by atoms with E-state index in [1.165, 1.54) is 5.56 Å². The summed E-state index contributed by atoms with van der Waals surface area (Å²) in [4.78, 5) is 2.29. The maximum Gasteiger partial charge on any atom is 0.240 e. The summed E-state index contributed by atoms with van der Waals surface area (Å²) in [6.45, 7) is 2.68. The van der Waals surface area contributed by atoms with Crippen molar-refractivity contribution in [1.29, 1.82) is 0 Å². The van der Waals surface area contributed by atoms with E-state index in [9.17, 15) is 8.42 Å². The van der Waals surface area contributed by atoms with Gasteiger partial charge in [0.2, 0.25) is 10.0 Å². The van der Waals surface area contributed by atoms with Crippen LogP contribution in [0.15, 0.2) is 23.1 Å². The predicted molar refractivity (Wildman–Crippen MR) is 70.7 cm³/mol. The third kappa shape index (κ3) is 3.08.